The Balaban J connectivity index is 1.70. The summed E-state index contributed by atoms with van der Waals surface area (Å²) in [6.45, 7) is 1.14. The highest BCUT2D eigenvalue weighted by Crippen LogP contribution is 2.33. The Morgan fingerprint density at radius 2 is 2.11 bits per heavy atom. The fourth-order valence-corrected chi connectivity index (χ4v) is 3.29. The fraction of sp³-hybridized carbons (Fsp3) is 0.462. The number of fused-ring (bicyclic) bond motifs is 1. The maximum absolute atomic E-state index is 12.0. The summed E-state index contributed by atoms with van der Waals surface area (Å²) in [4.78, 5) is 12.0. The Hall–Kier alpha value is -1.36. The Morgan fingerprint density at radius 3 is 2.89 bits per heavy atom. The minimum absolute atomic E-state index is 0.0918. The van der Waals surface area contributed by atoms with Crippen molar-refractivity contribution in [3.05, 3.63) is 18.2 Å². The van der Waals surface area contributed by atoms with Crippen molar-refractivity contribution in [2.45, 2.75) is 18.1 Å². The summed E-state index contributed by atoms with van der Waals surface area (Å²) in [6.07, 6.45) is 2.10. The summed E-state index contributed by atoms with van der Waals surface area (Å²) < 4.78 is 10.9. The Bertz CT molecular complexity index is 458. The first-order chi connectivity index (χ1) is 8.83. The van der Waals surface area contributed by atoms with E-state index < -0.39 is 0 Å². The number of hydrogen-bond donors (Lipinski definition) is 1. The molecule has 1 fully saturated rings. The second kappa shape index (κ2) is 5.10. The molecular formula is C13H15NO3S. The van der Waals surface area contributed by atoms with Crippen LogP contribution in [0.15, 0.2) is 18.2 Å². The predicted molar refractivity (Wildman–Crippen MR) is 71.5 cm³/mol. The van der Waals surface area contributed by atoms with E-state index in [-0.39, 0.29) is 11.2 Å². The van der Waals surface area contributed by atoms with Crippen molar-refractivity contribution in [1.82, 2.24) is 0 Å². The maximum Gasteiger partial charge on any atom is 0.237 e. The van der Waals surface area contributed by atoms with Gasteiger partial charge in [0, 0.05) is 11.8 Å². The topological polar surface area (TPSA) is 47.6 Å². The normalized spacial score (nSPS) is 21.7. The van der Waals surface area contributed by atoms with Crippen LogP contribution in [0.5, 0.6) is 11.5 Å². The maximum atomic E-state index is 12.0. The third kappa shape index (κ3) is 2.41. The molecule has 2 aliphatic heterocycles. The zero-order valence-electron chi connectivity index (χ0n) is 9.98. The van der Waals surface area contributed by atoms with Gasteiger partial charge in [0.25, 0.3) is 0 Å². The molecule has 2 aliphatic rings. The Morgan fingerprint density at radius 1 is 1.28 bits per heavy atom. The highest BCUT2D eigenvalue weighted by Gasteiger charge is 2.23. The van der Waals surface area contributed by atoms with E-state index in [1.54, 1.807) is 11.8 Å². The monoisotopic (exact) mass is 265 g/mol. The van der Waals surface area contributed by atoms with Crippen molar-refractivity contribution in [3.8, 4) is 11.5 Å². The molecule has 0 bridgehead atoms. The molecule has 0 aromatic heterocycles. The highest BCUT2D eigenvalue weighted by molar-refractivity contribution is 8.00. The molecule has 1 aromatic rings. The molecule has 1 saturated heterocycles. The standard InChI is InChI=1S/C13H15NO3S/c15-13(12-2-1-7-18-12)14-9-3-4-10-11(8-9)17-6-5-16-10/h3-4,8,12H,1-2,5-7H2,(H,14,15). The fourth-order valence-electron chi connectivity index (χ4n) is 2.13. The minimum atomic E-state index is 0.0918. The third-order valence-electron chi connectivity index (χ3n) is 3.03. The van der Waals surface area contributed by atoms with Crippen molar-refractivity contribution in [1.29, 1.82) is 0 Å². The van der Waals surface area contributed by atoms with Crippen LogP contribution in [0.2, 0.25) is 0 Å². The van der Waals surface area contributed by atoms with Gasteiger partial charge < -0.3 is 14.8 Å². The molecule has 4 nitrogen and oxygen atoms in total. The molecule has 2 heterocycles. The summed E-state index contributed by atoms with van der Waals surface area (Å²) in [5.41, 5.74) is 0.775. The number of benzene rings is 1. The van der Waals surface area contributed by atoms with Gasteiger partial charge in [0.15, 0.2) is 11.5 Å². The van der Waals surface area contributed by atoms with E-state index in [0.717, 1.165) is 30.0 Å². The van der Waals surface area contributed by atoms with Gasteiger partial charge in [-0.3, -0.25) is 4.79 Å². The molecule has 0 saturated carbocycles. The van der Waals surface area contributed by atoms with E-state index in [1.807, 2.05) is 18.2 Å². The van der Waals surface area contributed by atoms with Crippen LogP contribution >= 0.6 is 11.8 Å². The number of thioether (sulfide) groups is 1. The van der Waals surface area contributed by atoms with Crippen molar-refractivity contribution in [2.24, 2.45) is 0 Å². The van der Waals surface area contributed by atoms with Crippen molar-refractivity contribution >= 4 is 23.4 Å². The summed E-state index contributed by atoms with van der Waals surface area (Å²) in [5.74, 6) is 2.63. The first-order valence-corrected chi connectivity index (χ1v) is 7.20. The van der Waals surface area contributed by atoms with Gasteiger partial charge in [0.1, 0.15) is 13.2 Å². The van der Waals surface area contributed by atoms with Gasteiger partial charge in [-0.1, -0.05) is 0 Å². The average Bonchev–Trinajstić information content (AvgIpc) is 2.92. The SMILES string of the molecule is O=C(Nc1ccc2c(c1)OCCO2)C1CCCS1. The van der Waals surface area contributed by atoms with Crippen LogP contribution in [-0.2, 0) is 4.79 Å². The zero-order chi connectivity index (χ0) is 12.4. The molecular weight excluding hydrogens is 250 g/mol. The van der Waals surface area contributed by atoms with Crippen molar-refractivity contribution in [2.75, 3.05) is 24.3 Å². The Labute approximate surface area is 110 Å². The van der Waals surface area contributed by atoms with Gasteiger partial charge in [-0.15, -0.1) is 11.8 Å². The van der Waals surface area contributed by atoms with E-state index >= 15 is 0 Å². The summed E-state index contributed by atoms with van der Waals surface area (Å²) in [6, 6.07) is 5.52. The first-order valence-electron chi connectivity index (χ1n) is 6.15. The van der Waals surface area contributed by atoms with Gasteiger partial charge in [0.2, 0.25) is 5.91 Å². The number of amides is 1. The molecule has 5 heteroatoms. The van der Waals surface area contributed by atoms with Crippen molar-refractivity contribution < 1.29 is 14.3 Å². The number of nitrogens with one attached hydrogen (secondary N) is 1. The number of rotatable bonds is 2. The molecule has 3 rings (SSSR count). The van der Waals surface area contributed by atoms with E-state index in [4.69, 9.17) is 9.47 Å². The van der Waals surface area contributed by atoms with E-state index in [0.29, 0.717) is 19.0 Å². The molecule has 96 valence electrons. The van der Waals surface area contributed by atoms with Gasteiger partial charge >= 0.3 is 0 Å². The van der Waals surface area contributed by atoms with Crippen LogP contribution in [0.3, 0.4) is 0 Å². The second-order valence-corrected chi connectivity index (χ2v) is 5.66. The molecule has 1 amide bonds. The lowest BCUT2D eigenvalue weighted by Crippen LogP contribution is -2.23. The third-order valence-corrected chi connectivity index (χ3v) is 4.41. The Kier molecular flexibility index (Phi) is 3.32. The number of hydrogen-bond acceptors (Lipinski definition) is 4. The first kappa shape index (κ1) is 11.7. The molecule has 0 radical (unpaired) electrons. The van der Waals surface area contributed by atoms with Crippen LogP contribution in [-0.4, -0.2) is 30.1 Å². The lowest BCUT2D eigenvalue weighted by Gasteiger charge is -2.19. The molecule has 1 unspecified atom stereocenters. The van der Waals surface area contributed by atoms with E-state index in [2.05, 4.69) is 5.32 Å². The number of carbonyl (C=O) groups is 1. The van der Waals surface area contributed by atoms with Gasteiger partial charge in [-0.05, 0) is 30.7 Å². The smallest absolute Gasteiger partial charge is 0.237 e. The van der Waals surface area contributed by atoms with Gasteiger partial charge in [-0.25, -0.2) is 0 Å². The average molecular weight is 265 g/mol. The van der Waals surface area contributed by atoms with Crippen LogP contribution in [0.25, 0.3) is 0 Å². The summed E-state index contributed by atoms with van der Waals surface area (Å²) in [7, 11) is 0. The molecule has 0 aliphatic carbocycles. The van der Waals surface area contributed by atoms with E-state index in [1.165, 1.54) is 0 Å². The molecule has 1 N–H and O–H groups in total. The van der Waals surface area contributed by atoms with Gasteiger partial charge in [-0.2, -0.15) is 0 Å². The van der Waals surface area contributed by atoms with E-state index in [9.17, 15) is 4.79 Å². The van der Waals surface area contributed by atoms with Gasteiger partial charge in [0.05, 0.1) is 5.25 Å². The van der Waals surface area contributed by atoms with Crippen molar-refractivity contribution in [3.63, 3.8) is 0 Å². The molecule has 1 atom stereocenters. The lowest BCUT2D eigenvalue weighted by atomic mass is 10.2. The predicted octanol–water partition coefficient (Wildman–Crippen LogP) is 2.29. The van der Waals surface area contributed by atoms with Crippen LogP contribution < -0.4 is 14.8 Å². The number of anilines is 1. The van der Waals surface area contributed by atoms with Crippen LogP contribution in [0, 0.1) is 0 Å². The summed E-state index contributed by atoms with van der Waals surface area (Å²) in [5, 5.41) is 3.03. The van der Waals surface area contributed by atoms with Crippen LogP contribution in [0.4, 0.5) is 5.69 Å². The molecule has 18 heavy (non-hydrogen) atoms. The lowest BCUT2D eigenvalue weighted by molar-refractivity contribution is -0.115. The number of carbonyl (C=O) groups excluding carboxylic acids is 1. The van der Waals surface area contributed by atoms with Crippen LogP contribution in [0.1, 0.15) is 12.8 Å². The molecule has 0 spiro atoms. The number of ether oxygens (including phenoxy) is 2. The summed E-state index contributed by atoms with van der Waals surface area (Å²) >= 11 is 1.73. The highest BCUT2D eigenvalue weighted by atomic mass is 32.2. The minimum Gasteiger partial charge on any atom is -0.486 e. The quantitative estimate of drug-likeness (QED) is 0.891. The molecule has 1 aromatic carbocycles. The zero-order valence-corrected chi connectivity index (χ0v) is 10.8. The second-order valence-electron chi connectivity index (χ2n) is 4.35. The largest absolute Gasteiger partial charge is 0.486 e.